The standard InChI is InChI=1S/C10H9BrO2S/c1-13-6-2-3-9-7(4-6)10(12)8(11)5-14-9/h2-4,8H,5H2,1H3. The van der Waals surface area contributed by atoms with Crippen LogP contribution in [0, 0.1) is 0 Å². The van der Waals surface area contributed by atoms with Gasteiger partial charge in [0, 0.05) is 16.2 Å². The number of hydrogen-bond acceptors (Lipinski definition) is 3. The number of fused-ring (bicyclic) bond motifs is 1. The van der Waals surface area contributed by atoms with Crippen LogP contribution >= 0.6 is 27.7 Å². The minimum atomic E-state index is -0.0629. The number of hydrogen-bond donors (Lipinski definition) is 0. The minimum absolute atomic E-state index is 0.0629. The summed E-state index contributed by atoms with van der Waals surface area (Å²) in [6.45, 7) is 0. The van der Waals surface area contributed by atoms with E-state index in [9.17, 15) is 4.79 Å². The Morgan fingerprint density at radius 1 is 1.57 bits per heavy atom. The first-order valence-electron chi connectivity index (χ1n) is 4.21. The molecule has 0 aromatic heterocycles. The number of ketones is 1. The van der Waals surface area contributed by atoms with Crippen molar-refractivity contribution < 1.29 is 9.53 Å². The third-order valence-electron chi connectivity index (χ3n) is 2.12. The van der Waals surface area contributed by atoms with Crippen molar-refractivity contribution >= 4 is 33.5 Å². The van der Waals surface area contributed by atoms with Crippen molar-refractivity contribution in [3.63, 3.8) is 0 Å². The highest BCUT2D eigenvalue weighted by Gasteiger charge is 2.25. The summed E-state index contributed by atoms with van der Waals surface area (Å²) in [7, 11) is 1.60. The quantitative estimate of drug-likeness (QED) is 0.736. The van der Waals surface area contributed by atoms with Crippen LogP contribution in [0.15, 0.2) is 23.1 Å². The molecular weight excluding hydrogens is 264 g/mol. The second-order valence-corrected chi connectivity index (χ2v) is 5.17. The summed E-state index contributed by atoms with van der Waals surface area (Å²) >= 11 is 5.06. The normalized spacial score (nSPS) is 20.4. The second kappa shape index (κ2) is 3.95. The molecule has 2 rings (SSSR count). The topological polar surface area (TPSA) is 26.3 Å². The molecule has 0 radical (unpaired) electrons. The first-order chi connectivity index (χ1) is 6.72. The van der Waals surface area contributed by atoms with Crippen molar-refractivity contribution in [2.45, 2.75) is 9.72 Å². The zero-order chi connectivity index (χ0) is 10.1. The van der Waals surface area contributed by atoms with E-state index in [4.69, 9.17) is 4.74 Å². The molecule has 1 aliphatic heterocycles. The summed E-state index contributed by atoms with van der Waals surface area (Å²) in [5.41, 5.74) is 0.766. The average Bonchev–Trinajstić information content (AvgIpc) is 2.23. The molecule has 4 heteroatoms. The molecule has 0 saturated heterocycles. The molecule has 1 aromatic carbocycles. The monoisotopic (exact) mass is 272 g/mol. The van der Waals surface area contributed by atoms with Crippen LogP contribution in [0.4, 0.5) is 0 Å². The molecular formula is C10H9BrO2S. The summed E-state index contributed by atoms with van der Waals surface area (Å²) in [4.78, 5) is 12.8. The van der Waals surface area contributed by atoms with Gasteiger partial charge in [0.1, 0.15) is 5.75 Å². The summed E-state index contributed by atoms with van der Waals surface area (Å²) < 4.78 is 5.09. The van der Waals surface area contributed by atoms with Crippen LogP contribution in [0.5, 0.6) is 5.75 Å². The third kappa shape index (κ3) is 1.68. The Labute approximate surface area is 95.2 Å². The van der Waals surface area contributed by atoms with Gasteiger partial charge in [-0.3, -0.25) is 4.79 Å². The Kier molecular flexibility index (Phi) is 2.83. The smallest absolute Gasteiger partial charge is 0.178 e. The number of methoxy groups -OCH3 is 1. The van der Waals surface area contributed by atoms with Crippen molar-refractivity contribution in [2.75, 3.05) is 12.9 Å². The lowest BCUT2D eigenvalue weighted by atomic mass is 10.1. The van der Waals surface area contributed by atoms with Gasteiger partial charge in [0.15, 0.2) is 5.78 Å². The predicted octanol–water partition coefficient (Wildman–Crippen LogP) is 2.75. The van der Waals surface area contributed by atoms with Crippen LogP contribution in [0.3, 0.4) is 0 Å². The molecule has 1 unspecified atom stereocenters. The average molecular weight is 273 g/mol. The highest BCUT2D eigenvalue weighted by molar-refractivity contribution is 9.10. The van der Waals surface area contributed by atoms with Crippen molar-refractivity contribution in [1.82, 2.24) is 0 Å². The number of ether oxygens (including phenoxy) is 1. The van der Waals surface area contributed by atoms with E-state index in [2.05, 4.69) is 15.9 Å². The number of thioether (sulfide) groups is 1. The molecule has 0 saturated carbocycles. The Bertz CT molecular complexity index is 378. The lowest BCUT2D eigenvalue weighted by Gasteiger charge is -2.18. The summed E-state index contributed by atoms with van der Waals surface area (Å²) in [5, 5.41) is 0. The number of halogens is 1. The molecule has 1 aliphatic rings. The van der Waals surface area contributed by atoms with Crippen LogP contribution in [0.25, 0.3) is 0 Å². The fourth-order valence-corrected chi connectivity index (χ4v) is 2.96. The lowest BCUT2D eigenvalue weighted by Crippen LogP contribution is -2.21. The summed E-state index contributed by atoms with van der Waals surface area (Å²) in [5.74, 6) is 1.69. The van der Waals surface area contributed by atoms with Crippen LogP contribution in [0.1, 0.15) is 10.4 Å². The Balaban J connectivity index is 2.46. The van der Waals surface area contributed by atoms with E-state index in [0.717, 1.165) is 22.0 Å². The molecule has 0 fully saturated rings. The molecule has 0 bridgehead atoms. The van der Waals surface area contributed by atoms with Gasteiger partial charge in [-0.05, 0) is 18.2 Å². The maximum atomic E-state index is 11.8. The highest BCUT2D eigenvalue weighted by Crippen LogP contribution is 2.34. The van der Waals surface area contributed by atoms with E-state index in [-0.39, 0.29) is 10.6 Å². The molecule has 0 N–H and O–H groups in total. The van der Waals surface area contributed by atoms with Crippen LogP contribution in [-0.2, 0) is 0 Å². The molecule has 14 heavy (non-hydrogen) atoms. The maximum absolute atomic E-state index is 11.8. The SMILES string of the molecule is COc1ccc2c(c1)C(=O)C(Br)CS2. The van der Waals surface area contributed by atoms with E-state index in [1.165, 1.54) is 0 Å². The van der Waals surface area contributed by atoms with Gasteiger partial charge in [-0.25, -0.2) is 0 Å². The van der Waals surface area contributed by atoms with Gasteiger partial charge in [0.25, 0.3) is 0 Å². The molecule has 0 amide bonds. The van der Waals surface area contributed by atoms with Gasteiger partial charge in [0.2, 0.25) is 0 Å². The molecule has 1 atom stereocenters. The molecule has 0 spiro atoms. The molecule has 1 aromatic rings. The number of benzene rings is 1. The van der Waals surface area contributed by atoms with Gasteiger partial charge in [-0.15, -0.1) is 11.8 Å². The van der Waals surface area contributed by atoms with E-state index in [1.54, 1.807) is 24.9 Å². The Morgan fingerprint density at radius 2 is 2.36 bits per heavy atom. The first-order valence-corrected chi connectivity index (χ1v) is 6.11. The highest BCUT2D eigenvalue weighted by atomic mass is 79.9. The zero-order valence-electron chi connectivity index (χ0n) is 7.62. The second-order valence-electron chi connectivity index (χ2n) is 3.00. The van der Waals surface area contributed by atoms with Crippen molar-refractivity contribution in [3.05, 3.63) is 23.8 Å². The van der Waals surface area contributed by atoms with Gasteiger partial charge < -0.3 is 4.74 Å². The van der Waals surface area contributed by atoms with E-state index >= 15 is 0 Å². The largest absolute Gasteiger partial charge is 0.497 e. The van der Waals surface area contributed by atoms with Crippen molar-refractivity contribution in [2.24, 2.45) is 0 Å². The van der Waals surface area contributed by atoms with Crippen LogP contribution < -0.4 is 4.74 Å². The molecule has 74 valence electrons. The molecule has 0 aliphatic carbocycles. The van der Waals surface area contributed by atoms with E-state index in [0.29, 0.717) is 0 Å². The van der Waals surface area contributed by atoms with Crippen LogP contribution in [0.2, 0.25) is 0 Å². The van der Waals surface area contributed by atoms with E-state index in [1.807, 2.05) is 12.1 Å². The number of alkyl halides is 1. The molecule has 1 heterocycles. The van der Waals surface area contributed by atoms with Crippen LogP contribution in [-0.4, -0.2) is 23.5 Å². The van der Waals surface area contributed by atoms with Crippen molar-refractivity contribution in [3.8, 4) is 5.75 Å². The Morgan fingerprint density at radius 3 is 3.07 bits per heavy atom. The first kappa shape index (κ1) is 10.1. The number of carbonyl (C=O) groups excluding carboxylic acids is 1. The molecule has 2 nitrogen and oxygen atoms in total. The van der Waals surface area contributed by atoms with Crippen molar-refractivity contribution in [1.29, 1.82) is 0 Å². The fraction of sp³-hybridized carbons (Fsp3) is 0.300. The predicted molar refractivity (Wildman–Crippen MR) is 60.8 cm³/mol. The third-order valence-corrected chi connectivity index (χ3v) is 4.46. The van der Waals surface area contributed by atoms with Gasteiger partial charge in [-0.2, -0.15) is 0 Å². The van der Waals surface area contributed by atoms with Gasteiger partial charge in [-0.1, -0.05) is 15.9 Å². The number of carbonyl (C=O) groups is 1. The Hall–Kier alpha value is -0.480. The maximum Gasteiger partial charge on any atom is 0.178 e. The fourth-order valence-electron chi connectivity index (χ4n) is 1.36. The number of rotatable bonds is 1. The lowest BCUT2D eigenvalue weighted by molar-refractivity contribution is 0.0992. The summed E-state index contributed by atoms with van der Waals surface area (Å²) in [6, 6.07) is 5.63. The van der Waals surface area contributed by atoms with Gasteiger partial charge >= 0.3 is 0 Å². The minimum Gasteiger partial charge on any atom is -0.497 e. The summed E-state index contributed by atoms with van der Waals surface area (Å²) in [6.07, 6.45) is 0. The zero-order valence-corrected chi connectivity index (χ0v) is 10.0. The van der Waals surface area contributed by atoms with E-state index < -0.39 is 0 Å². The number of Topliss-reactive ketones (excluding diaryl/α,β-unsaturated/α-hetero) is 1. The van der Waals surface area contributed by atoms with Gasteiger partial charge in [0.05, 0.1) is 11.9 Å².